The molecule has 0 aliphatic rings. The molecule has 0 saturated carbocycles. The summed E-state index contributed by atoms with van der Waals surface area (Å²) in [6, 6.07) is 5.02. The number of amides is 1. The quantitative estimate of drug-likeness (QED) is 0.296. The number of nitrogens with zero attached hydrogens (tertiary/aromatic N) is 2. The smallest absolute Gasteiger partial charge is 0.258 e. The number of rotatable bonds is 3. The molecule has 8 heteroatoms. The van der Waals surface area contributed by atoms with Crippen molar-refractivity contribution in [1.82, 2.24) is 10.2 Å². The number of amidine groups is 1. The SMILES string of the molecule is N/C(=N/O)c1cc(Br)ccc1NC(=O)c1cn[nH]c1. The van der Waals surface area contributed by atoms with Gasteiger partial charge in [0.1, 0.15) is 0 Å². The Morgan fingerprint density at radius 1 is 1.53 bits per heavy atom. The van der Waals surface area contributed by atoms with E-state index in [9.17, 15) is 4.79 Å². The van der Waals surface area contributed by atoms with Gasteiger partial charge in [-0.25, -0.2) is 0 Å². The predicted octanol–water partition coefficient (Wildman–Crippen LogP) is 1.52. The fourth-order valence-electron chi connectivity index (χ4n) is 1.46. The Hall–Kier alpha value is -2.35. The molecule has 0 aliphatic carbocycles. The number of nitrogens with one attached hydrogen (secondary N) is 2. The molecule has 0 radical (unpaired) electrons. The van der Waals surface area contributed by atoms with Gasteiger partial charge in [0.25, 0.3) is 5.91 Å². The van der Waals surface area contributed by atoms with E-state index in [1.165, 1.54) is 12.4 Å². The fourth-order valence-corrected chi connectivity index (χ4v) is 1.82. The van der Waals surface area contributed by atoms with Crippen LogP contribution < -0.4 is 11.1 Å². The fraction of sp³-hybridized carbons (Fsp3) is 0. The van der Waals surface area contributed by atoms with Crippen molar-refractivity contribution >= 4 is 33.4 Å². The molecule has 0 bridgehead atoms. The van der Waals surface area contributed by atoms with E-state index in [2.05, 4.69) is 36.6 Å². The van der Waals surface area contributed by atoms with Gasteiger partial charge in [0.05, 0.1) is 17.4 Å². The first kappa shape index (κ1) is 13.1. The molecule has 0 fully saturated rings. The number of carbonyl (C=O) groups excluding carboxylic acids is 1. The second kappa shape index (κ2) is 5.53. The Morgan fingerprint density at radius 3 is 2.95 bits per heavy atom. The van der Waals surface area contributed by atoms with Crippen LogP contribution in [0.2, 0.25) is 0 Å². The molecule has 1 aromatic heterocycles. The van der Waals surface area contributed by atoms with E-state index in [4.69, 9.17) is 10.9 Å². The highest BCUT2D eigenvalue weighted by Gasteiger charge is 2.12. The zero-order valence-electron chi connectivity index (χ0n) is 9.59. The van der Waals surface area contributed by atoms with Crippen LogP contribution in [0.5, 0.6) is 0 Å². The highest BCUT2D eigenvalue weighted by Crippen LogP contribution is 2.21. The van der Waals surface area contributed by atoms with Crippen molar-refractivity contribution in [2.75, 3.05) is 5.32 Å². The second-order valence-electron chi connectivity index (χ2n) is 3.62. The molecule has 1 heterocycles. The third kappa shape index (κ3) is 2.91. The lowest BCUT2D eigenvalue weighted by molar-refractivity contribution is 0.102. The van der Waals surface area contributed by atoms with E-state index in [1.807, 2.05) is 0 Å². The van der Waals surface area contributed by atoms with Crippen LogP contribution in [0, 0.1) is 0 Å². The highest BCUT2D eigenvalue weighted by molar-refractivity contribution is 9.10. The molecular formula is C11H10BrN5O2. The van der Waals surface area contributed by atoms with Crippen molar-refractivity contribution in [3.05, 3.63) is 46.2 Å². The molecule has 0 atom stereocenters. The third-order valence-corrected chi connectivity index (χ3v) is 2.87. The maximum atomic E-state index is 11.9. The number of oxime groups is 1. The highest BCUT2D eigenvalue weighted by atomic mass is 79.9. The van der Waals surface area contributed by atoms with Crippen LogP contribution in [0.15, 0.2) is 40.2 Å². The predicted molar refractivity (Wildman–Crippen MR) is 73.2 cm³/mol. The van der Waals surface area contributed by atoms with Crippen LogP contribution in [0.25, 0.3) is 0 Å². The standard InChI is InChI=1S/C11H10BrN5O2/c12-7-1-2-9(8(3-7)10(13)17-19)16-11(18)6-4-14-15-5-6/h1-5,19H,(H2,13,17)(H,14,15)(H,16,18). The summed E-state index contributed by atoms with van der Waals surface area (Å²) in [5.74, 6) is -0.438. The van der Waals surface area contributed by atoms with Gasteiger partial charge in [-0.3, -0.25) is 9.89 Å². The minimum Gasteiger partial charge on any atom is -0.409 e. The number of hydrogen-bond acceptors (Lipinski definition) is 4. The first-order valence-electron chi connectivity index (χ1n) is 5.19. The monoisotopic (exact) mass is 323 g/mol. The molecule has 7 nitrogen and oxygen atoms in total. The molecule has 5 N–H and O–H groups in total. The maximum Gasteiger partial charge on any atom is 0.258 e. The van der Waals surface area contributed by atoms with Gasteiger partial charge in [-0.1, -0.05) is 21.1 Å². The average Bonchev–Trinajstić information content (AvgIpc) is 2.94. The van der Waals surface area contributed by atoms with Gasteiger partial charge in [-0.05, 0) is 18.2 Å². The van der Waals surface area contributed by atoms with E-state index in [1.54, 1.807) is 18.2 Å². The van der Waals surface area contributed by atoms with Crippen LogP contribution in [0.1, 0.15) is 15.9 Å². The molecule has 0 saturated heterocycles. The summed E-state index contributed by atoms with van der Waals surface area (Å²) in [6.07, 6.45) is 2.87. The summed E-state index contributed by atoms with van der Waals surface area (Å²) in [4.78, 5) is 11.9. The molecule has 1 amide bonds. The van der Waals surface area contributed by atoms with Gasteiger partial charge in [0.2, 0.25) is 0 Å². The van der Waals surface area contributed by atoms with Crippen molar-refractivity contribution in [2.45, 2.75) is 0 Å². The number of nitrogens with two attached hydrogens (primary N) is 1. The van der Waals surface area contributed by atoms with Gasteiger partial charge in [0.15, 0.2) is 5.84 Å². The van der Waals surface area contributed by atoms with Crippen molar-refractivity contribution in [1.29, 1.82) is 0 Å². The Kier molecular flexibility index (Phi) is 3.81. The molecule has 19 heavy (non-hydrogen) atoms. The molecule has 2 aromatic rings. The lowest BCUT2D eigenvalue weighted by atomic mass is 10.1. The van der Waals surface area contributed by atoms with E-state index in [0.29, 0.717) is 16.8 Å². The summed E-state index contributed by atoms with van der Waals surface area (Å²) >= 11 is 3.28. The van der Waals surface area contributed by atoms with Crippen LogP contribution in [-0.4, -0.2) is 27.1 Å². The van der Waals surface area contributed by atoms with Crippen LogP contribution in [0.4, 0.5) is 5.69 Å². The summed E-state index contributed by atoms with van der Waals surface area (Å²) in [6.45, 7) is 0. The number of aromatic amines is 1. The molecule has 98 valence electrons. The number of anilines is 1. The Labute approximate surface area is 116 Å². The Morgan fingerprint density at radius 2 is 2.32 bits per heavy atom. The van der Waals surface area contributed by atoms with E-state index in [0.717, 1.165) is 4.47 Å². The first-order chi connectivity index (χ1) is 9.11. The second-order valence-corrected chi connectivity index (χ2v) is 4.53. The summed E-state index contributed by atoms with van der Waals surface area (Å²) in [5.41, 5.74) is 6.80. The summed E-state index contributed by atoms with van der Waals surface area (Å²) in [5, 5.41) is 20.6. The van der Waals surface area contributed by atoms with Crippen LogP contribution in [0.3, 0.4) is 0 Å². The molecule has 1 aromatic carbocycles. The molecule has 0 spiro atoms. The summed E-state index contributed by atoms with van der Waals surface area (Å²) < 4.78 is 0.746. The number of aromatic nitrogens is 2. The zero-order chi connectivity index (χ0) is 13.8. The van der Waals surface area contributed by atoms with E-state index < -0.39 is 0 Å². The minimum atomic E-state index is -0.344. The number of hydrogen-bond donors (Lipinski definition) is 4. The van der Waals surface area contributed by atoms with Gasteiger partial charge < -0.3 is 16.3 Å². The van der Waals surface area contributed by atoms with Crippen molar-refractivity contribution in [3.8, 4) is 0 Å². The van der Waals surface area contributed by atoms with Gasteiger partial charge in [0, 0.05) is 16.2 Å². The molecule has 2 rings (SSSR count). The number of H-pyrrole nitrogens is 1. The van der Waals surface area contributed by atoms with Gasteiger partial charge >= 0.3 is 0 Å². The van der Waals surface area contributed by atoms with Crippen molar-refractivity contribution in [2.24, 2.45) is 10.9 Å². The van der Waals surface area contributed by atoms with E-state index >= 15 is 0 Å². The average molecular weight is 324 g/mol. The van der Waals surface area contributed by atoms with Crippen LogP contribution in [-0.2, 0) is 0 Å². The molecule has 0 unspecified atom stereocenters. The third-order valence-electron chi connectivity index (χ3n) is 2.37. The topological polar surface area (TPSA) is 116 Å². The number of carbonyl (C=O) groups is 1. The van der Waals surface area contributed by atoms with Crippen LogP contribution >= 0.6 is 15.9 Å². The molecular weight excluding hydrogens is 314 g/mol. The van der Waals surface area contributed by atoms with Crippen molar-refractivity contribution < 1.29 is 10.0 Å². The van der Waals surface area contributed by atoms with E-state index in [-0.39, 0.29) is 11.7 Å². The normalized spacial score (nSPS) is 11.3. The lowest BCUT2D eigenvalue weighted by Crippen LogP contribution is -2.19. The first-order valence-corrected chi connectivity index (χ1v) is 5.98. The van der Waals surface area contributed by atoms with Crippen molar-refractivity contribution in [3.63, 3.8) is 0 Å². The Balaban J connectivity index is 2.32. The Bertz CT molecular complexity index is 624. The maximum absolute atomic E-state index is 11.9. The largest absolute Gasteiger partial charge is 0.409 e. The minimum absolute atomic E-state index is 0.0937. The molecule has 0 aliphatic heterocycles. The summed E-state index contributed by atoms with van der Waals surface area (Å²) in [7, 11) is 0. The zero-order valence-corrected chi connectivity index (χ0v) is 11.2. The number of halogens is 1. The lowest BCUT2D eigenvalue weighted by Gasteiger charge is -2.09. The van der Waals surface area contributed by atoms with Gasteiger partial charge in [-0.2, -0.15) is 5.10 Å². The number of benzene rings is 1. The van der Waals surface area contributed by atoms with Gasteiger partial charge in [-0.15, -0.1) is 0 Å².